The Morgan fingerprint density at radius 1 is 0.413 bits per heavy atom. The van der Waals surface area contributed by atoms with Crippen molar-refractivity contribution in [3.05, 3.63) is 180 Å². The minimum atomic E-state index is -0.949. The zero-order valence-electron chi connectivity index (χ0n) is 51.1. The summed E-state index contributed by atoms with van der Waals surface area (Å²) < 4.78 is 254. The minimum Gasteiger partial charge on any atom is -0.456 e. The molecule has 1 heteroatoms. The first-order chi connectivity index (χ1) is 34.5. The van der Waals surface area contributed by atoms with Gasteiger partial charge in [-0.2, -0.15) is 0 Å². The molecule has 0 bridgehead atoms. The summed E-state index contributed by atoms with van der Waals surface area (Å²) >= 11 is 0. The lowest BCUT2D eigenvalue weighted by Gasteiger charge is -2.18. The van der Waals surface area contributed by atoms with Crippen LogP contribution in [-0.2, 0) is 6.42 Å². The van der Waals surface area contributed by atoms with Crippen LogP contribution in [0, 0.1) is 0 Å². The molecule has 9 rings (SSSR count). The summed E-state index contributed by atoms with van der Waals surface area (Å²) in [5.41, 5.74) is -6.35. The lowest BCUT2D eigenvalue weighted by atomic mass is 9.85. The van der Waals surface area contributed by atoms with E-state index in [1.807, 2.05) is 0 Å². The molecule has 0 N–H and O–H groups in total. The largest absolute Gasteiger partial charge is 0.456 e. The van der Waals surface area contributed by atoms with Crippen LogP contribution in [0.1, 0.15) is 49.5 Å². The molecule has 0 amide bonds. The van der Waals surface area contributed by atoms with Crippen molar-refractivity contribution in [2.75, 3.05) is 0 Å². The van der Waals surface area contributed by atoms with E-state index in [1.165, 1.54) is 0 Å². The highest BCUT2D eigenvalue weighted by Crippen LogP contribution is 2.45. The van der Waals surface area contributed by atoms with Gasteiger partial charge < -0.3 is 4.42 Å². The van der Waals surface area contributed by atoms with Crippen molar-refractivity contribution < 1.29 is 42.8 Å². The highest BCUT2D eigenvalue weighted by Gasteiger charge is 2.20. The highest BCUT2D eigenvalue weighted by molar-refractivity contribution is 6.22. The van der Waals surface area contributed by atoms with Crippen LogP contribution in [0.3, 0.4) is 0 Å². The SMILES string of the molecule is [2H]c1c([2H])c([2H])c(-c2c([2H])c([2H])c(Cc3c4c([2H])c([2H])c([2H])c([2H])c4c(-c4c([2H])c([2H])c([2H])c5oc6c([2H])c(-c7c([2H])c([2H])c([2H])c([2H])c7[2H])c([2H])c([2H])c6c45)c4c([2H])c([2H])c([2H])c([2H])c34)c([2H])c2[2H])c([2H])c1[2H]. The van der Waals surface area contributed by atoms with Crippen LogP contribution in [0.4, 0.5) is 0 Å². The van der Waals surface area contributed by atoms with Crippen molar-refractivity contribution >= 4 is 43.5 Å². The Kier molecular flexibility index (Phi) is 2.51. The number of furan rings is 1. The van der Waals surface area contributed by atoms with Gasteiger partial charge in [-0.3, -0.25) is 0 Å². The number of benzene rings is 8. The fourth-order valence-corrected chi connectivity index (χ4v) is 5.37. The van der Waals surface area contributed by atoms with Gasteiger partial charge in [0.2, 0.25) is 0 Å². The van der Waals surface area contributed by atoms with Crippen molar-refractivity contribution in [3.63, 3.8) is 0 Å². The second kappa shape index (κ2) is 10.9. The van der Waals surface area contributed by atoms with Gasteiger partial charge in [-0.1, -0.05) is 151 Å². The van der Waals surface area contributed by atoms with Gasteiger partial charge in [-0.05, 0) is 90.6 Å². The lowest BCUT2D eigenvalue weighted by Crippen LogP contribution is -1.96. The summed E-state index contributed by atoms with van der Waals surface area (Å²) in [5, 5.41) is -3.50. The summed E-state index contributed by atoms with van der Waals surface area (Å²) in [5.74, 6) is 0. The Labute approximate surface area is 307 Å². The van der Waals surface area contributed by atoms with E-state index in [-0.39, 0.29) is 0 Å². The van der Waals surface area contributed by atoms with Gasteiger partial charge in [0.15, 0.2) is 0 Å². The topological polar surface area (TPSA) is 13.1 Å². The second-order valence-corrected chi connectivity index (χ2v) is 9.89. The van der Waals surface area contributed by atoms with E-state index in [0.717, 1.165) is 0 Å². The van der Waals surface area contributed by atoms with E-state index in [0.29, 0.717) is 0 Å². The van der Waals surface area contributed by atoms with E-state index in [4.69, 9.17) is 30.5 Å². The van der Waals surface area contributed by atoms with E-state index in [9.17, 15) is 12.3 Å². The number of hydrogen-bond donors (Lipinski definition) is 0. The molecule has 8 aromatic carbocycles. The van der Waals surface area contributed by atoms with Crippen LogP contribution in [0.15, 0.2) is 174 Å². The Morgan fingerprint density at radius 3 is 1.61 bits per heavy atom. The van der Waals surface area contributed by atoms with E-state index >= 15 is 0 Å². The molecule has 1 aromatic heterocycles. The first kappa shape index (κ1) is 10.6. The van der Waals surface area contributed by atoms with Crippen LogP contribution in [0.2, 0.25) is 0 Å². The zero-order chi connectivity index (χ0) is 54.8. The molecule has 0 spiro atoms. The van der Waals surface area contributed by atoms with Crippen LogP contribution in [0.5, 0.6) is 0 Å². The summed E-state index contributed by atoms with van der Waals surface area (Å²) in [6, 6.07) is -24.8. The van der Waals surface area contributed by atoms with Gasteiger partial charge in [0.25, 0.3) is 0 Å². The van der Waals surface area contributed by atoms with Crippen molar-refractivity contribution in [1.29, 1.82) is 0 Å². The molecule has 0 saturated carbocycles. The highest BCUT2D eigenvalue weighted by atomic mass is 16.3. The standard InChI is InChI=1S/C45H30O/c1-3-12-31(13-4-1)33-24-22-30(23-25-33)28-41-35-16-7-9-18-37(35)44(38-19-10-8-17-36(38)41)40-20-11-21-42-45(40)39-27-26-34(29-43(39)46-42)32-14-5-2-6-15-32/h1-27,29H,28H2/i1D,2D,3D,4D,5D,6D,7D,8D,9D,10D,11D,12D,13D,14D,15D,16D,17D,18D,19D,20D,21D,22D,23D,24D,25D,26D,27D,29D. The average Bonchev–Trinajstić information content (AvgIpc) is 3.78. The predicted molar refractivity (Wildman–Crippen MR) is 194 cm³/mol. The first-order valence-electron chi connectivity index (χ1n) is 27.6. The molecule has 0 saturated heterocycles. The molecule has 0 fully saturated rings. The van der Waals surface area contributed by atoms with Gasteiger partial charge >= 0.3 is 0 Å². The fourth-order valence-electron chi connectivity index (χ4n) is 5.37. The molecule has 0 unspecified atom stereocenters. The second-order valence-electron chi connectivity index (χ2n) is 9.89. The maximum atomic E-state index is 9.49. The Bertz CT molecular complexity index is 3970. The van der Waals surface area contributed by atoms with Crippen molar-refractivity contribution in [2.45, 2.75) is 6.42 Å². The summed E-state index contributed by atoms with van der Waals surface area (Å²) in [7, 11) is 0. The zero-order valence-corrected chi connectivity index (χ0v) is 23.1. The number of fused-ring (bicyclic) bond motifs is 5. The Morgan fingerprint density at radius 2 is 0.957 bits per heavy atom. The molecule has 216 valence electrons. The van der Waals surface area contributed by atoms with Crippen molar-refractivity contribution in [2.24, 2.45) is 0 Å². The monoisotopic (exact) mass is 614 g/mol. The maximum absolute atomic E-state index is 9.49. The Balaban J connectivity index is 1.50. The fraction of sp³-hybridized carbons (Fsp3) is 0.0222. The van der Waals surface area contributed by atoms with Crippen LogP contribution >= 0.6 is 0 Å². The maximum Gasteiger partial charge on any atom is 0.136 e. The molecule has 9 aromatic rings. The van der Waals surface area contributed by atoms with E-state index in [1.54, 1.807) is 0 Å². The van der Waals surface area contributed by atoms with Crippen LogP contribution in [-0.4, -0.2) is 0 Å². The molecule has 46 heavy (non-hydrogen) atoms. The molecular formula is C45H30O. The lowest BCUT2D eigenvalue weighted by molar-refractivity contribution is 0.669. The quantitative estimate of drug-likeness (QED) is 0.176. The molecule has 1 heterocycles. The summed E-state index contributed by atoms with van der Waals surface area (Å²) in [6.07, 6.45) is -0.915. The third-order valence-electron chi connectivity index (χ3n) is 7.33. The normalized spacial score (nSPS) is 20.1. The minimum absolute atomic E-state index is 0.441. The molecule has 0 aliphatic heterocycles. The van der Waals surface area contributed by atoms with Gasteiger partial charge in [0.1, 0.15) is 11.2 Å². The smallest absolute Gasteiger partial charge is 0.136 e. The molecule has 0 radical (unpaired) electrons. The predicted octanol–water partition coefficient (Wildman–Crippen LogP) is 12.5. The third kappa shape index (κ3) is 4.40. The molecule has 0 atom stereocenters. The molecule has 0 aliphatic carbocycles. The van der Waals surface area contributed by atoms with Crippen molar-refractivity contribution in [1.82, 2.24) is 0 Å². The first-order valence-corrected chi connectivity index (χ1v) is 13.6. The van der Waals surface area contributed by atoms with Gasteiger partial charge in [0, 0.05) is 10.8 Å². The molecule has 1 nitrogen and oxygen atoms in total. The number of rotatable bonds is 5. The van der Waals surface area contributed by atoms with Gasteiger partial charge in [-0.15, -0.1) is 0 Å². The third-order valence-corrected chi connectivity index (χ3v) is 7.33. The van der Waals surface area contributed by atoms with Crippen LogP contribution in [0.25, 0.3) is 76.9 Å². The average molecular weight is 615 g/mol. The van der Waals surface area contributed by atoms with Crippen LogP contribution < -0.4 is 0 Å². The van der Waals surface area contributed by atoms with Crippen molar-refractivity contribution in [3.8, 4) is 33.4 Å². The van der Waals surface area contributed by atoms with Gasteiger partial charge in [0.05, 0.1) is 38.4 Å². The molecular weight excluding hydrogens is 556 g/mol. The Hall–Kier alpha value is -5.92. The summed E-state index contributed by atoms with van der Waals surface area (Å²) in [6.45, 7) is 0. The number of hydrogen-bond acceptors (Lipinski definition) is 1. The van der Waals surface area contributed by atoms with E-state index < -0.39 is 264 Å². The summed E-state index contributed by atoms with van der Waals surface area (Å²) in [4.78, 5) is 0. The van der Waals surface area contributed by atoms with Gasteiger partial charge in [-0.25, -0.2) is 0 Å². The van der Waals surface area contributed by atoms with E-state index in [2.05, 4.69) is 0 Å². The molecule has 0 aliphatic rings.